The van der Waals surface area contributed by atoms with E-state index >= 15 is 0 Å². The Bertz CT molecular complexity index is 771. The molecule has 2 unspecified atom stereocenters. The molecule has 0 aliphatic heterocycles. The number of benzene rings is 1. The molecule has 0 saturated heterocycles. The topological polar surface area (TPSA) is 161 Å². The van der Waals surface area contributed by atoms with Crippen molar-refractivity contribution in [3.05, 3.63) is 61.7 Å². The van der Waals surface area contributed by atoms with E-state index in [1.807, 2.05) is 0 Å². The highest BCUT2D eigenvalue weighted by molar-refractivity contribution is 7.87. The van der Waals surface area contributed by atoms with Crippen LogP contribution in [0, 0.1) is 20.2 Å². The average molecular weight is 316 g/mol. The van der Waals surface area contributed by atoms with E-state index in [0.717, 1.165) is 6.07 Å². The van der Waals surface area contributed by atoms with Crippen molar-refractivity contribution in [2.24, 2.45) is 0 Å². The Balaban J connectivity index is 2.92. The molecule has 2 N–H and O–H groups in total. The van der Waals surface area contributed by atoms with Crippen molar-refractivity contribution in [3.63, 3.8) is 0 Å². The van der Waals surface area contributed by atoms with Gasteiger partial charge in [-0.1, -0.05) is 18.2 Å². The molecule has 1 aromatic rings. The largest absolute Gasteiger partial charge is 0.397 e. The number of fused-ring (bicyclic) bond motifs is 1. The third-order valence-corrected chi connectivity index (χ3v) is 4.48. The van der Waals surface area contributed by atoms with Crippen LogP contribution in [0.15, 0.2) is 30.3 Å². The molecule has 10 nitrogen and oxygen atoms in total. The van der Waals surface area contributed by atoms with Gasteiger partial charge in [0.25, 0.3) is 5.70 Å². The number of nitrogens with zero attached hydrogens (tertiary/aromatic N) is 2. The molecular weight excluding hydrogens is 308 g/mol. The maximum Gasteiger partial charge on any atom is 0.397 e. The maximum absolute atomic E-state index is 11.4. The summed E-state index contributed by atoms with van der Waals surface area (Å²) >= 11 is 0. The molecule has 0 spiro atoms. The highest BCUT2D eigenvalue weighted by atomic mass is 32.2. The van der Waals surface area contributed by atoms with Crippen LogP contribution in [-0.2, 0) is 10.1 Å². The lowest BCUT2D eigenvalue weighted by atomic mass is 9.89. The summed E-state index contributed by atoms with van der Waals surface area (Å²) in [6.07, 6.45) is -2.14. The van der Waals surface area contributed by atoms with Crippen molar-refractivity contribution < 1.29 is 27.9 Å². The molecule has 0 radical (unpaired) electrons. The molecule has 0 heterocycles. The lowest BCUT2D eigenvalue weighted by Gasteiger charge is -2.28. The van der Waals surface area contributed by atoms with Crippen LogP contribution >= 0.6 is 0 Å². The third kappa shape index (κ3) is 1.98. The second-order valence-corrected chi connectivity index (χ2v) is 5.86. The first-order chi connectivity index (χ1) is 9.63. The van der Waals surface area contributed by atoms with Gasteiger partial charge in [-0.05, 0) is 6.07 Å². The average Bonchev–Trinajstić information content (AvgIpc) is 2.37. The van der Waals surface area contributed by atoms with Crippen molar-refractivity contribution in [1.82, 2.24) is 0 Å². The van der Waals surface area contributed by atoms with Gasteiger partial charge in [0.1, 0.15) is 0 Å². The van der Waals surface area contributed by atoms with Crippen LogP contribution in [0.5, 0.6) is 0 Å². The fourth-order valence-corrected chi connectivity index (χ4v) is 3.02. The van der Waals surface area contributed by atoms with E-state index in [9.17, 15) is 33.8 Å². The van der Waals surface area contributed by atoms with Gasteiger partial charge in [0.2, 0.25) is 0 Å². The number of aliphatic hydroxyl groups is 1. The second-order valence-electron chi connectivity index (χ2n) is 4.26. The van der Waals surface area contributed by atoms with Gasteiger partial charge >= 0.3 is 15.0 Å². The quantitative estimate of drug-likeness (QED) is 0.454. The van der Waals surface area contributed by atoms with E-state index < -0.39 is 36.6 Å². The van der Waals surface area contributed by atoms with Crippen LogP contribution in [-0.4, -0.2) is 32.8 Å². The molecule has 112 valence electrons. The minimum atomic E-state index is -5.48. The van der Waals surface area contributed by atoms with E-state index in [0.29, 0.717) is 0 Å². The Hall–Kier alpha value is -2.37. The fourth-order valence-electron chi connectivity index (χ4n) is 2.16. The number of rotatable bonds is 3. The minimum absolute atomic E-state index is 0.148. The molecule has 1 aliphatic rings. The van der Waals surface area contributed by atoms with Crippen LogP contribution in [0.25, 0.3) is 5.70 Å². The molecule has 0 fully saturated rings. The smallest absolute Gasteiger partial charge is 0.379 e. The normalized spacial score (nSPS) is 24.9. The standard InChI is InChI=1S/C10H8N2O8S/c13-9-7-4-2-1-3-6(7)8(11(14)15)5-10(9,12(16)17)21(18,19)20/h1-5,9,13H,(H,18,19,20). The van der Waals surface area contributed by atoms with Gasteiger partial charge in [0, 0.05) is 5.56 Å². The summed E-state index contributed by atoms with van der Waals surface area (Å²) in [7, 11) is -5.48. The first-order valence-electron chi connectivity index (χ1n) is 5.39. The Morgan fingerprint density at radius 1 is 1.19 bits per heavy atom. The molecule has 0 amide bonds. The van der Waals surface area contributed by atoms with Crippen LogP contribution in [0.1, 0.15) is 17.2 Å². The van der Waals surface area contributed by atoms with E-state index in [2.05, 4.69) is 0 Å². The molecule has 11 heteroatoms. The zero-order chi connectivity index (χ0) is 16.0. The minimum Gasteiger partial charge on any atom is -0.379 e. The fraction of sp³-hybridized carbons (Fsp3) is 0.200. The van der Waals surface area contributed by atoms with Gasteiger partial charge in [0.05, 0.1) is 21.5 Å². The monoisotopic (exact) mass is 316 g/mol. The van der Waals surface area contributed by atoms with Gasteiger partial charge < -0.3 is 5.11 Å². The lowest BCUT2D eigenvalue weighted by Crippen LogP contribution is -2.51. The van der Waals surface area contributed by atoms with Crippen molar-refractivity contribution in [2.75, 3.05) is 0 Å². The number of hydrogen-bond acceptors (Lipinski definition) is 7. The van der Waals surface area contributed by atoms with Crippen molar-refractivity contribution in [2.45, 2.75) is 11.0 Å². The van der Waals surface area contributed by atoms with Crippen LogP contribution in [0.2, 0.25) is 0 Å². The van der Waals surface area contributed by atoms with Gasteiger partial charge in [-0.3, -0.25) is 24.8 Å². The molecule has 2 rings (SSSR count). The van der Waals surface area contributed by atoms with Crippen LogP contribution < -0.4 is 0 Å². The number of nitro groups is 2. The van der Waals surface area contributed by atoms with Crippen molar-refractivity contribution >= 4 is 15.8 Å². The summed E-state index contributed by atoms with van der Waals surface area (Å²) < 4.78 is 32.0. The second kappa shape index (κ2) is 4.58. The summed E-state index contributed by atoms with van der Waals surface area (Å²) in [5, 5.41) is 32.2. The molecular formula is C10H8N2O8S. The van der Waals surface area contributed by atoms with Gasteiger partial charge in [-0.25, -0.2) is 0 Å². The Morgan fingerprint density at radius 3 is 2.24 bits per heavy atom. The molecule has 21 heavy (non-hydrogen) atoms. The summed E-state index contributed by atoms with van der Waals surface area (Å²) in [6, 6.07) is 5.02. The zero-order valence-electron chi connectivity index (χ0n) is 10.1. The summed E-state index contributed by atoms with van der Waals surface area (Å²) in [5.41, 5.74) is -1.37. The number of aliphatic hydroxyl groups excluding tert-OH is 1. The summed E-state index contributed by atoms with van der Waals surface area (Å²) in [5.74, 6) is 0. The van der Waals surface area contributed by atoms with E-state index in [-0.39, 0.29) is 17.2 Å². The highest BCUT2D eigenvalue weighted by Gasteiger charge is 2.64. The summed E-state index contributed by atoms with van der Waals surface area (Å²) in [6.45, 7) is 0. The van der Waals surface area contributed by atoms with E-state index in [4.69, 9.17) is 4.55 Å². The first-order valence-corrected chi connectivity index (χ1v) is 6.83. The zero-order valence-corrected chi connectivity index (χ0v) is 10.9. The predicted octanol–water partition coefficient (Wildman–Crippen LogP) is 0.212. The molecule has 1 aromatic carbocycles. The Morgan fingerprint density at radius 2 is 1.76 bits per heavy atom. The third-order valence-electron chi connectivity index (χ3n) is 3.16. The lowest BCUT2D eigenvalue weighted by molar-refractivity contribution is -0.543. The van der Waals surface area contributed by atoms with Crippen molar-refractivity contribution in [3.8, 4) is 0 Å². The van der Waals surface area contributed by atoms with Gasteiger partial charge in [-0.15, -0.1) is 0 Å². The maximum atomic E-state index is 11.4. The van der Waals surface area contributed by atoms with Gasteiger partial charge in [-0.2, -0.15) is 8.42 Å². The van der Waals surface area contributed by atoms with E-state index in [1.165, 1.54) is 18.2 Å². The molecule has 0 aromatic heterocycles. The van der Waals surface area contributed by atoms with Crippen molar-refractivity contribution in [1.29, 1.82) is 0 Å². The van der Waals surface area contributed by atoms with Crippen LogP contribution in [0.4, 0.5) is 0 Å². The summed E-state index contributed by atoms with van der Waals surface area (Å²) in [4.78, 5) is 16.3. The number of hydrogen-bond donors (Lipinski definition) is 2. The first kappa shape index (κ1) is 15.0. The van der Waals surface area contributed by atoms with Gasteiger partial charge in [0.15, 0.2) is 6.10 Å². The Labute approximate surface area is 117 Å². The molecule has 0 bridgehead atoms. The van der Waals surface area contributed by atoms with E-state index in [1.54, 1.807) is 0 Å². The SMILES string of the molecule is O=[N+]([O-])C1=CC([N+](=O)[O-])(S(=O)(=O)O)C(O)c2ccccc21. The highest BCUT2D eigenvalue weighted by Crippen LogP contribution is 2.43. The van der Waals surface area contributed by atoms with Crippen LogP contribution in [0.3, 0.4) is 0 Å². The predicted molar refractivity (Wildman–Crippen MR) is 67.6 cm³/mol. The molecule has 2 atom stereocenters. The molecule has 1 aliphatic carbocycles. The molecule has 0 saturated carbocycles. The Kier molecular flexibility index (Phi) is 3.28.